The number of nitrogens with zero attached hydrogens (tertiary/aromatic N) is 2. The molecule has 0 aliphatic rings. The predicted octanol–water partition coefficient (Wildman–Crippen LogP) is 2.12. The van der Waals surface area contributed by atoms with Gasteiger partial charge in [0, 0.05) is 12.1 Å². The second kappa shape index (κ2) is 4.65. The first-order valence-electron chi connectivity index (χ1n) is 3.19. The molecule has 2 N–H and O–H groups in total. The zero-order chi connectivity index (χ0) is 10.0. The number of halogens is 2. The van der Waals surface area contributed by atoms with E-state index < -0.39 is 4.92 Å². The van der Waals surface area contributed by atoms with Gasteiger partial charge in [-0.25, -0.2) is 0 Å². The van der Waals surface area contributed by atoms with Crippen molar-refractivity contribution in [1.82, 2.24) is 0 Å². The van der Waals surface area contributed by atoms with Crippen LogP contribution in [-0.2, 0) is 0 Å². The van der Waals surface area contributed by atoms with Crippen molar-refractivity contribution in [3.63, 3.8) is 0 Å². The number of nitrogen functional groups attached to an aromatic ring is 1. The Morgan fingerprint density at radius 3 is 2.57 bits per heavy atom. The van der Waals surface area contributed by atoms with Gasteiger partial charge in [0.1, 0.15) is 6.07 Å². The summed E-state index contributed by atoms with van der Waals surface area (Å²) in [7, 11) is 0. The van der Waals surface area contributed by atoms with Crippen LogP contribution in [0.25, 0.3) is 0 Å². The summed E-state index contributed by atoms with van der Waals surface area (Å²) in [5.41, 5.74) is 5.22. The van der Waals surface area contributed by atoms with Crippen LogP contribution in [0.5, 0.6) is 0 Å². The van der Waals surface area contributed by atoms with Crippen molar-refractivity contribution in [2.24, 2.45) is 0 Å². The number of nitro groups is 1. The van der Waals surface area contributed by atoms with Gasteiger partial charge in [0.15, 0.2) is 0 Å². The maximum atomic E-state index is 10.3. The molecule has 0 amide bonds. The van der Waals surface area contributed by atoms with Crippen LogP contribution in [0.15, 0.2) is 12.1 Å². The van der Waals surface area contributed by atoms with Crippen LogP contribution in [-0.4, -0.2) is 4.92 Å². The highest BCUT2D eigenvalue weighted by Crippen LogP contribution is 2.27. The summed E-state index contributed by atoms with van der Waals surface area (Å²) in [6, 6.07) is 3.91. The minimum absolute atomic E-state index is 0. The van der Waals surface area contributed by atoms with Gasteiger partial charge in [-0.05, 0) is 0 Å². The Labute approximate surface area is 90.6 Å². The highest BCUT2D eigenvalue weighted by atomic mass is 35.5. The van der Waals surface area contributed by atoms with E-state index in [9.17, 15) is 10.1 Å². The standard InChI is InChI=1S/C7H4ClN3O2.ClH/c8-6-2-5(11(12)13)1-4(3-9)7(6)10;/h1-2H,10H2;1H. The molecule has 14 heavy (non-hydrogen) atoms. The third-order valence-corrected chi connectivity index (χ3v) is 1.76. The molecule has 0 unspecified atom stereocenters. The smallest absolute Gasteiger partial charge is 0.272 e. The molecule has 0 aliphatic carbocycles. The summed E-state index contributed by atoms with van der Waals surface area (Å²) in [6.45, 7) is 0. The fraction of sp³-hybridized carbons (Fsp3) is 0. The van der Waals surface area contributed by atoms with E-state index in [1.165, 1.54) is 0 Å². The molecule has 74 valence electrons. The first-order valence-corrected chi connectivity index (χ1v) is 3.57. The Bertz CT molecular complexity index is 414. The Balaban J connectivity index is 0.00000169. The molecular weight excluding hydrogens is 229 g/mol. The highest BCUT2D eigenvalue weighted by molar-refractivity contribution is 6.33. The highest BCUT2D eigenvalue weighted by Gasteiger charge is 2.12. The molecule has 0 saturated carbocycles. The summed E-state index contributed by atoms with van der Waals surface area (Å²) in [5, 5.41) is 18.9. The van der Waals surface area contributed by atoms with Crippen LogP contribution < -0.4 is 5.73 Å². The Morgan fingerprint density at radius 1 is 1.57 bits per heavy atom. The molecule has 7 heteroatoms. The van der Waals surface area contributed by atoms with Crippen molar-refractivity contribution in [3.8, 4) is 6.07 Å². The number of hydrogen-bond acceptors (Lipinski definition) is 4. The van der Waals surface area contributed by atoms with Gasteiger partial charge in [0.05, 0.1) is 21.2 Å². The largest absolute Gasteiger partial charge is 0.396 e. The maximum Gasteiger partial charge on any atom is 0.272 e. The third-order valence-electron chi connectivity index (χ3n) is 1.45. The third kappa shape index (κ3) is 2.25. The molecule has 0 saturated heterocycles. The second-order valence-electron chi connectivity index (χ2n) is 2.26. The number of rotatable bonds is 1. The summed E-state index contributed by atoms with van der Waals surface area (Å²) in [6.07, 6.45) is 0. The summed E-state index contributed by atoms with van der Waals surface area (Å²) in [4.78, 5) is 9.70. The average molecular weight is 234 g/mol. The van der Waals surface area contributed by atoms with Crippen LogP contribution in [0.1, 0.15) is 5.56 Å². The van der Waals surface area contributed by atoms with Gasteiger partial charge in [-0.15, -0.1) is 12.4 Å². The maximum absolute atomic E-state index is 10.3. The fourth-order valence-electron chi connectivity index (χ4n) is 0.801. The van der Waals surface area contributed by atoms with E-state index in [-0.39, 0.29) is 34.4 Å². The molecule has 5 nitrogen and oxygen atoms in total. The molecule has 0 spiro atoms. The van der Waals surface area contributed by atoms with E-state index in [1.807, 2.05) is 0 Å². The molecule has 1 aromatic rings. The molecule has 0 bridgehead atoms. The van der Waals surface area contributed by atoms with E-state index in [1.54, 1.807) is 6.07 Å². The minimum Gasteiger partial charge on any atom is -0.396 e. The lowest BCUT2D eigenvalue weighted by Gasteiger charge is -1.99. The Hall–Kier alpha value is -1.51. The van der Waals surface area contributed by atoms with E-state index >= 15 is 0 Å². The Morgan fingerprint density at radius 2 is 2.14 bits per heavy atom. The Kier molecular flexibility index (Phi) is 4.15. The van der Waals surface area contributed by atoms with Crippen molar-refractivity contribution in [2.75, 3.05) is 5.73 Å². The van der Waals surface area contributed by atoms with Gasteiger partial charge in [0.25, 0.3) is 5.69 Å². The molecule has 0 aromatic heterocycles. The van der Waals surface area contributed by atoms with Crippen molar-refractivity contribution >= 4 is 35.4 Å². The topological polar surface area (TPSA) is 92.9 Å². The van der Waals surface area contributed by atoms with Crippen molar-refractivity contribution in [1.29, 1.82) is 5.26 Å². The molecular formula is C7H5Cl2N3O2. The van der Waals surface area contributed by atoms with Crippen LogP contribution in [0, 0.1) is 21.4 Å². The van der Waals surface area contributed by atoms with Crippen molar-refractivity contribution < 1.29 is 4.92 Å². The molecule has 0 heterocycles. The van der Waals surface area contributed by atoms with Crippen LogP contribution in [0.3, 0.4) is 0 Å². The van der Waals surface area contributed by atoms with Crippen molar-refractivity contribution in [2.45, 2.75) is 0 Å². The van der Waals surface area contributed by atoms with Gasteiger partial charge in [-0.1, -0.05) is 11.6 Å². The summed E-state index contributed by atoms with van der Waals surface area (Å²) >= 11 is 5.56. The van der Waals surface area contributed by atoms with E-state index in [0.29, 0.717) is 0 Å². The lowest BCUT2D eigenvalue weighted by atomic mass is 10.2. The van der Waals surface area contributed by atoms with Gasteiger partial charge in [0.2, 0.25) is 0 Å². The van der Waals surface area contributed by atoms with Crippen LogP contribution in [0.2, 0.25) is 5.02 Å². The monoisotopic (exact) mass is 233 g/mol. The number of nitriles is 1. The first-order chi connectivity index (χ1) is 6.06. The van der Waals surface area contributed by atoms with Gasteiger partial charge in [-0.3, -0.25) is 10.1 Å². The normalized spacial score (nSPS) is 8.57. The van der Waals surface area contributed by atoms with Crippen LogP contribution >= 0.6 is 24.0 Å². The molecule has 0 aliphatic heterocycles. The zero-order valence-corrected chi connectivity index (χ0v) is 8.30. The SMILES string of the molecule is Cl.N#Cc1cc([N+](=O)[O-])cc(Cl)c1N. The lowest BCUT2D eigenvalue weighted by Crippen LogP contribution is -1.95. The number of anilines is 1. The number of nitro benzene ring substituents is 1. The average Bonchev–Trinajstić information content (AvgIpc) is 2.09. The molecule has 1 rings (SSSR count). The first kappa shape index (κ1) is 12.5. The van der Waals surface area contributed by atoms with Gasteiger partial charge in [-0.2, -0.15) is 5.26 Å². The lowest BCUT2D eigenvalue weighted by molar-refractivity contribution is -0.384. The van der Waals surface area contributed by atoms with E-state index in [4.69, 9.17) is 22.6 Å². The van der Waals surface area contributed by atoms with Gasteiger partial charge >= 0.3 is 0 Å². The van der Waals surface area contributed by atoms with Crippen LogP contribution in [0.4, 0.5) is 11.4 Å². The number of benzene rings is 1. The number of non-ortho nitro benzene ring substituents is 1. The fourth-order valence-corrected chi connectivity index (χ4v) is 1.02. The summed E-state index contributed by atoms with van der Waals surface area (Å²) < 4.78 is 0. The zero-order valence-electron chi connectivity index (χ0n) is 6.73. The van der Waals surface area contributed by atoms with Gasteiger partial charge < -0.3 is 5.73 Å². The number of nitrogens with two attached hydrogens (primary N) is 1. The molecule has 1 aromatic carbocycles. The molecule has 0 atom stereocenters. The summed E-state index contributed by atoms with van der Waals surface area (Å²) in [5.74, 6) is 0. The van der Waals surface area contributed by atoms with E-state index in [2.05, 4.69) is 0 Å². The number of hydrogen-bond donors (Lipinski definition) is 1. The minimum atomic E-state index is -0.633. The predicted molar refractivity (Wildman–Crippen MR) is 54.5 cm³/mol. The quantitative estimate of drug-likeness (QED) is 0.457. The van der Waals surface area contributed by atoms with E-state index in [0.717, 1.165) is 12.1 Å². The molecule has 0 radical (unpaired) electrons. The second-order valence-corrected chi connectivity index (χ2v) is 2.66. The van der Waals surface area contributed by atoms with Crippen molar-refractivity contribution in [3.05, 3.63) is 32.8 Å². The molecule has 0 fully saturated rings.